The van der Waals surface area contributed by atoms with Gasteiger partial charge < -0.3 is 4.74 Å². The first-order valence-electron chi connectivity index (χ1n) is 4.02. The van der Waals surface area contributed by atoms with Crippen molar-refractivity contribution in [1.29, 1.82) is 5.26 Å². The molecule has 1 aromatic rings. The van der Waals surface area contributed by atoms with Crippen LogP contribution in [0.15, 0.2) is 29.3 Å². The highest BCUT2D eigenvalue weighted by Gasteiger charge is 2.08. The average Bonchev–Trinajstić information content (AvgIpc) is 2.71. The van der Waals surface area contributed by atoms with Gasteiger partial charge >= 0.3 is 0 Å². The minimum absolute atomic E-state index is 0.454. The lowest BCUT2D eigenvalue weighted by atomic mass is 10.1. The third kappa shape index (κ3) is 1.58. The van der Waals surface area contributed by atoms with Crippen molar-refractivity contribution < 1.29 is 4.74 Å². The molecule has 3 heteroatoms. The van der Waals surface area contributed by atoms with Gasteiger partial charge in [-0.15, -0.1) is 0 Å². The minimum atomic E-state index is 0.454. The summed E-state index contributed by atoms with van der Waals surface area (Å²) >= 11 is 0. The molecular weight excluding hydrogens is 164 g/mol. The maximum atomic E-state index is 8.59. The number of hydrogen-bond acceptors (Lipinski definition) is 3. The molecule has 0 atom stereocenters. The van der Waals surface area contributed by atoms with Gasteiger partial charge in [0.1, 0.15) is 6.73 Å². The molecule has 2 rings (SSSR count). The van der Waals surface area contributed by atoms with E-state index in [2.05, 4.69) is 11.1 Å². The summed E-state index contributed by atoms with van der Waals surface area (Å²) in [5.41, 5.74) is 2.67. The fourth-order valence-electron chi connectivity index (χ4n) is 1.22. The van der Waals surface area contributed by atoms with E-state index in [1.54, 1.807) is 12.1 Å². The van der Waals surface area contributed by atoms with Crippen LogP contribution in [0.25, 0.3) is 0 Å². The first-order valence-corrected chi connectivity index (χ1v) is 4.02. The van der Waals surface area contributed by atoms with E-state index in [9.17, 15) is 0 Å². The normalized spacial score (nSPS) is 15.2. The van der Waals surface area contributed by atoms with E-state index in [1.807, 2.05) is 12.1 Å². The molecule has 0 aromatic heterocycles. The number of nitrogens with zero attached hydrogens (tertiary/aromatic N) is 2. The average molecular weight is 172 g/mol. The molecule has 1 aliphatic rings. The van der Waals surface area contributed by atoms with E-state index < -0.39 is 0 Å². The van der Waals surface area contributed by atoms with Crippen molar-refractivity contribution in [2.75, 3.05) is 13.3 Å². The Kier molecular flexibility index (Phi) is 2.07. The Balaban J connectivity index is 2.28. The molecule has 0 aliphatic carbocycles. The van der Waals surface area contributed by atoms with Gasteiger partial charge in [0.15, 0.2) is 0 Å². The van der Waals surface area contributed by atoms with Crippen LogP contribution in [0.2, 0.25) is 0 Å². The van der Waals surface area contributed by atoms with Gasteiger partial charge in [-0.25, -0.2) is 0 Å². The van der Waals surface area contributed by atoms with Crippen molar-refractivity contribution in [3.05, 3.63) is 35.4 Å². The van der Waals surface area contributed by atoms with Gasteiger partial charge in [0.05, 0.1) is 24.0 Å². The lowest BCUT2D eigenvalue weighted by Gasteiger charge is -1.98. The van der Waals surface area contributed by atoms with Crippen molar-refractivity contribution >= 4 is 5.71 Å². The molecule has 0 fully saturated rings. The third-order valence-electron chi connectivity index (χ3n) is 1.93. The molecule has 1 heterocycles. The highest BCUT2D eigenvalue weighted by Crippen LogP contribution is 2.08. The summed E-state index contributed by atoms with van der Waals surface area (Å²) < 4.78 is 5.10. The fraction of sp³-hybridized carbons (Fsp3) is 0.200. The number of ether oxygens (including phenoxy) is 1. The molecule has 0 N–H and O–H groups in total. The summed E-state index contributed by atoms with van der Waals surface area (Å²) in [6.07, 6.45) is 0. The van der Waals surface area contributed by atoms with Crippen molar-refractivity contribution in [2.45, 2.75) is 0 Å². The largest absolute Gasteiger partial charge is 0.353 e. The molecule has 0 spiro atoms. The van der Waals surface area contributed by atoms with Crippen LogP contribution in [0.5, 0.6) is 0 Å². The first-order chi connectivity index (χ1) is 6.40. The molecule has 0 saturated carbocycles. The van der Waals surface area contributed by atoms with Gasteiger partial charge in [-0.1, -0.05) is 12.1 Å². The van der Waals surface area contributed by atoms with Crippen LogP contribution >= 0.6 is 0 Å². The summed E-state index contributed by atoms with van der Waals surface area (Å²) in [6, 6.07) is 9.44. The molecule has 0 amide bonds. The maximum Gasteiger partial charge on any atom is 0.138 e. The van der Waals surface area contributed by atoms with Crippen LogP contribution in [0.1, 0.15) is 11.1 Å². The molecule has 3 nitrogen and oxygen atoms in total. The Labute approximate surface area is 76.3 Å². The molecule has 0 unspecified atom stereocenters. The van der Waals surface area contributed by atoms with Crippen LogP contribution in [-0.2, 0) is 4.74 Å². The Bertz CT molecular complexity index is 373. The Hall–Kier alpha value is -1.66. The zero-order valence-electron chi connectivity index (χ0n) is 7.03. The lowest BCUT2D eigenvalue weighted by Crippen LogP contribution is -2.02. The molecular formula is C10H8N2O. The number of rotatable bonds is 1. The van der Waals surface area contributed by atoms with E-state index in [1.165, 1.54) is 0 Å². The molecule has 64 valence electrons. The number of hydrogen-bond donors (Lipinski definition) is 0. The van der Waals surface area contributed by atoms with Crippen molar-refractivity contribution in [1.82, 2.24) is 0 Å². The highest BCUT2D eigenvalue weighted by molar-refractivity contribution is 6.02. The van der Waals surface area contributed by atoms with Crippen LogP contribution in [0.4, 0.5) is 0 Å². The van der Waals surface area contributed by atoms with E-state index in [0.717, 1.165) is 11.3 Å². The van der Waals surface area contributed by atoms with Crippen molar-refractivity contribution in [3.63, 3.8) is 0 Å². The van der Waals surface area contributed by atoms with Crippen molar-refractivity contribution in [2.24, 2.45) is 4.99 Å². The quantitative estimate of drug-likeness (QED) is 0.641. The van der Waals surface area contributed by atoms with Crippen LogP contribution in [0, 0.1) is 11.3 Å². The fourth-order valence-corrected chi connectivity index (χ4v) is 1.22. The summed E-state index contributed by atoms with van der Waals surface area (Å²) in [5.74, 6) is 0. The minimum Gasteiger partial charge on any atom is -0.353 e. The molecule has 0 bridgehead atoms. The van der Waals surface area contributed by atoms with E-state index in [4.69, 9.17) is 10.00 Å². The zero-order chi connectivity index (χ0) is 9.10. The van der Waals surface area contributed by atoms with Crippen molar-refractivity contribution in [3.8, 4) is 6.07 Å². The Morgan fingerprint density at radius 2 is 2.08 bits per heavy atom. The standard InChI is InChI=1S/C10H8N2O/c11-5-8-1-3-9(4-2-8)10-6-13-7-12-10/h1-4H,6-7H2. The lowest BCUT2D eigenvalue weighted by molar-refractivity contribution is 0.202. The smallest absolute Gasteiger partial charge is 0.138 e. The maximum absolute atomic E-state index is 8.59. The van der Waals surface area contributed by atoms with Gasteiger partial charge in [0, 0.05) is 0 Å². The number of aliphatic imine (C=N–C) groups is 1. The molecule has 0 saturated heterocycles. The predicted octanol–water partition coefficient (Wildman–Crippen LogP) is 1.34. The van der Waals surface area contributed by atoms with E-state index in [-0.39, 0.29) is 0 Å². The monoisotopic (exact) mass is 172 g/mol. The second-order valence-electron chi connectivity index (χ2n) is 2.77. The SMILES string of the molecule is N#Cc1ccc(C2=NCOC2)cc1. The Morgan fingerprint density at radius 1 is 1.31 bits per heavy atom. The first kappa shape index (κ1) is 7.96. The number of benzene rings is 1. The molecule has 0 radical (unpaired) electrons. The second-order valence-corrected chi connectivity index (χ2v) is 2.77. The van der Waals surface area contributed by atoms with E-state index in [0.29, 0.717) is 18.9 Å². The summed E-state index contributed by atoms with van der Waals surface area (Å²) in [5, 5.41) is 8.59. The van der Waals surface area contributed by atoms with Gasteiger partial charge in [0.25, 0.3) is 0 Å². The van der Waals surface area contributed by atoms with Gasteiger partial charge in [-0.05, 0) is 17.7 Å². The topological polar surface area (TPSA) is 45.4 Å². The van der Waals surface area contributed by atoms with Gasteiger partial charge in [-0.3, -0.25) is 4.99 Å². The van der Waals surface area contributed by atoms with Crippen LogP contribution in [-0.4, -0.2) is 19.0 Å². The van der Waals surface area contributed by atoms with Crippen LogP contribution in [0.3, 0.4) is 0 Å². The summed E-state index contributed by atoms with van der Waals surface area (Å²) in [4.78, 5) is 4.17. The predicted molar refractivity (Wildman–Crippen MR) is 48.5 cm³/mol. The Morgan fingerprint density at radius 3 is 2.62 bits per heavy atom. The van der Waals surface area contributed by atoms with Crippen LogP contribution < -0.4 is 0 Å². The van der Waals surface area contributed by atoms with Gasteiger partial charge in [-0.2, -0.15) is 5.26 Å². The van der Waals surface area contributed by atoms with E-state index >= 15 is 0 Å². The molecule has 1 aromatic carbocycles. The van der Waals surface area contributed by atoms with Gasteiger partial charge in [0.2, 0.25) is 0 Å². The molecule has 1 aliphatic heterocycles. The zero-order valence-corrected chi connectivity index (χ0v) is 7.03. The molecule has 13 heavy (non-hydrogen) atoms. The summed E-state index contributed by atoms with van der Waals surface area (Å²) in [6.45, 7) is 1.03. The second kappa shape index (κ2) is 3.38. The summed E-state index contributed by atoms with van der Waals surface area (Å²) in [7, 11) is 0. The third-order valence-corrected chi connectivity index (χ3v) is 1.93. The number of nitriles is 1. The highest BCUT2D eigenvalue weighted by atomic mass is 16.5.